The number of benzene rings is 3. The molecule has 3 aromatic rings. The van der Waals surface area contributed by atoms with Gasteiger partial charge in [0.15, 0.2) is 0 Å². The van der Waals surface area contributed by atoms with Crippen molar-refractivity contribution in [2.75, 3.05) is 6.61 Å². The molecule has 0 spiro atoms. The van der Waals surface area contributed by atoms with Crippen LogP contribution in [0.1, 0.15) is 53.9 Å². The molecular formula is C31H30FNO3. The van der Waals surface area contributed by atoms with Gasteiger partial charge in [0.1, 0.15) is 18.2 Å². The van der Waals surface area contributed by atoms with Crippen LogP contribution in [-0.4, -0.2) is 35.5 Å². The highest BCUT2D eigenvalue weighted by molar-refractivity contribution is 5.84. The normalized spacial score (nSPS) is 22.3. The molecule has 2 unspecified atom stereocenters. The summed E-state index contributed by atoms with van der Waals surface area (Å²) in [5.74, 6) is -0.225. The summed E-state index contributed by atoms with van der Waals surface area (Å²) < 4.78 is 19.6. The third-order valence-electron chi connectivity index (χ3n) is 8.41. The van der Waals surface area contributed by atoms with E-state index in [9.17, 15) is 14.0 Å². The topological polar surface area (TPSA) is 46.6 Å². The number of rotatable bonds is 5. The Bertz CT molecular complexity index is 1280. The van der Waals surface area contributed by atoms with Gasteiger partial charge in [0.2, 0.25) is 0 Å². The van der Waals surface area contributed by atoms with Crippen LogP contribution in [0.25, 0.3) is 11.1 Å². The molecule has 6 rings (SSSR count). The zero-order chi connectivity index (χ0) is 24.8. The Labute approximate surface area is 211 Å². The Kier molecular flexibility index (Phi) is 5.87. The molecule has 2 saturated heterocycles. The number of Topliss-reactive ketones (excluding diaryl/α,β-unsaturated/α-hetero) is 1. The Morgan fingerprint density at radius 3 is 2.17 bits per heavy atom. The third-order valence-corrected chi connectivity index (χ3v) is 8.41. The summed E-state index contributed by atoms with van der Waals surface area (Å²) in [6.45, 7) is 2.22. The minimum Gasteiger partial charge on any atom is -0.448 e. The van der Waals surface area contributed by atoms with E-state index in [1.165, 1.54) is 34.4 Å². The van der Waals surface area contributed by atoms with Gasteiger partial charge >= 0.3 is 6.09 Å². The molecule has 2 aliphatic heterocycles. The molecule has 2 atom stereocenters. The van der Waals surface area contributed by atoms with Gasteiger partial charge in [-0.2, -0.15) is 0 Å². The van der Waals surface area contributed by atoms with E-state index in [2.05, 4.69) is 24.3 Å². The molecule has 3 aromatic carbocycles. The van der Waals surface area contributed by atoms with Crippen LogP contribution in [0.15, 0.2) is 66.7 Å². The fraction of sp³-hybridized carbons (Fsp3) is 0.355. The lowest BCUT2D eigenvalue weighted by Gasteiger charge is -2.38. The zero-order valence-corrected chi connectivity index (χ0v) is 20.5. The van der Waals surface area contributed by atoms with Gasteiger partial charge < -0.3 is 9.64 Å². The molecule has 0 N–H and O–H groups in total. The van der Waals surface area contributed by atoms with Crippen LogP contribution in [-0.2, 0) is 16.0 Å². The summed E-state index contributed by atoms with van der Waals surface area (Å²) in [7, 11) is 0. The van der Waals surface area contributed by atoms with Crippen molar-refractivity contribution in [3.05, 3.63) is 94.8 Å². The summed E-state index contributed by atoms with van der Waals surface area (Å²) in [5, 5.41) is 0. The highest BCUT2D eigenvalue weighted by atomic mass is 19.1. The van der Waals surface area contributed by atoms with E-state index in [1.807, 2.05) is 36.1 Å². The predicted molar refractivity (Wildman–Crippen MR) is 136 cm³/mol. The number of ketones is 1. The van der Waals surface area contributed by atoms with Crippen LogP contribution in [0.4, 0.5) is 9.18 Å². The maximum Gasteiger partial charge on any atom is 0.410 e. The van der Waals surface area contributed by atoms with E-state index >= 15 is 0 Å². The average molecular weight is 484 g/mol. The lowest BCUT2D eigenvalue weighted by molar-refractivity contribution is -0.124. The smallest absolute Gasteiger partial charge is 0.410 e. The van der Waals surface area contributed by atoms with Gasteiger partial charge in [-0.1, -0.05) is 54.6 Å². The monoisotopic (exact) mass is 483 g/mol. The highest BCUT2D eigenvalue weighted by Crippen LogP contribution is 2.45. The number of aryl methyl sites for hydroxylation is 1. The first kappa shape index (κ1) is 23.0. The number of halogens is 1. The van der Waals surface area contributed by atoms with Gasteiger partial charge in [0.25, 0.3) is 0 Å². The van der Waals surface area contributed by atoms with Crippen molar-refractivity contribution in [3.63, 3.8) is 0 Å². The number of carbonyl (C=O) groups excluding carboxylic acids is 2. The maximum atomic E-state index is 13.7. The molecule has 4 nitrogen and oxygen atoms in total. The van der Waals surface area contributed by atoms with Crippen LogP contribution >= 0.6 is 0 Å². The molecule has 184 valence electrons. The van der Waals surface area contributed by atoms with Gasteiger partial charge in [-0.3, -0.25) is 4.79 Å². The molecule has 5 heteroatoms. The Hall–Kier alpha value is -3.47. The summed E-state index contributed by atoms with van der Waals surface area (Å²) in [5.41, 5.74) is 6.51. The number of carbonyl (C=O) groups is 2. The first-order chi connectivity index (χ1) is 17.5. The van der Waals surface area contributed by atoms with Gasteiger partial charge in [-0.05, 0) is 78.1 Å². The summed E-state index contributed by atoms with van der Waals surface area (Å²) in [6, 6.07) is 21.3. The zero-order valence-electron chi connectivity index (χ0n) is 20.5. The SMILES string of the molecule is Cc1ccc(F)cc1CC(=O)C1CC2CCC(C1)N2C(=O)OCC1c2ccccc2-c2ccccc21. The molecule has 0 aromatic heterocycles. The largest absolute Gasteiger partial charge is 0.448 e. The molecule has 1 aliphatic carbocycles. The molecule has 3 aliphatic rings. The number of hydrogen-bond donors (Lipinski definition) is 0. The molecule has 2 fully saturated rings. The number of hydrogen-bond acceptors (Lipinski definition) is 3. The van der Waals surface area contributed by atoms with Gasteiger partial charge in [0.05, 0.1) is 0 Å². The fourth-order valence-corrected chi connectivity index (χ4v) is 6.57. The van der Waals surface area contributed by atoms with Crippen molar-refractivity contribution in [2.45, 2.75) is 57.0 Å². The minimum absolute atomic E-state index is 0.0296. The van der Waals surface area contributed by atoms with E-state index in [4.69, 9.17) is 4.74 Å². The second kappa shape index (κ2) is 9.20. The molecular weight excluding hydrogens is 453 g/mol. The molecule has 2 heterocycles. The minimum atomic E-state index is -0.312. The predicted octanol–water partition coefficient (Wildman–Crippen LogP) is 6.44. The van der Waals surface area contributed by atoms with Crippen molar-refractivity contribution >= 4 is 11.9 Å². The summed E-state index contributed by atoms with van der Waals surface area (Å²) in [6.07, 6.45) is 3.10. The van der Waals surface area contributed by atoms with E-state index < -0.39 is 0 Å². The molecule has 36 heavy (non-hydrogen) atoms. The number of piperidine rings is 1. The van der Waals surface area contributed by atoms with Crippen LogP contribution < -0.4 is 0 Å². The van der Waals surface area contributed by atoms with Crippen LogP contribution in [0.2, 0.25) is 0 Å². The van der Waals surface area contributed by atoms with E-state index in [0.717, 1.165) is 24.0 Å². The van der Waals surface area contributed by atoms with Crippen molar-refractivity contribution < 1.29 is 18.7 Å². The third kappa shape index (κ3) is 4.01. The Morgan fingerprint density at radius 1 is 0.917 bits per heavy atom. The van der Waals surface area contributed by atoms with Crippen molar-refractivity contribution in [1.29, 1.82) is 0 Å². The lowest BCUT2D eigenvalue weighted by Crippen LogP contribution is -2.48. The molecule has 0 radical (unpaired) electrons. The maximum absolute atomic E-state index is 13.7. The first-order valence-electron chi connectivity index (χ1n) is 12.9. The van der Waals surface area contributed by atoms with Crippen LogP contribution in [0, 0.1) is 18.7 Å². The molecule has 1 amide bonds. The number of amides is 1. The first-order valence-corrected chi connectivity index (χ1v) is 12.9. The van der Waals surface area contributed by atoms with E-state index in [1.54, 1.807) is 6.07 Å². The number of ether oxygens (including phenoxy) is 1. The van der Waals surface area contributed by atoms with E-state index in [-0.39, 0.29) is 48.0 Å². The van der Waals surface area contributed by atoms with Crippen molar-refractivity contribution in [1.82, 2.24) is 4.90 Å². The van der Waals surface area contributed by atoms with Crippen LogP contribution in [0.3, 0.4) is 0 Å². The summed E-state index contributed by atoms with van der Waals surface area (Å²) in [4.78, 5) is 28.3. The second-order valence-corrected chi connectivity index (χ2v) is 10.5. The highest BCUT2D eigenvalue weighted by Gasteiger charge is 2.46. The Morgan fingerprint density at radius 2 is 1.53 bits per heavy atom. The quantitative estimate of drug-likeness (QED) is 0.420. The molecule has 2 bridgehead atoms. The average Bonchev–Trinajstić information content (AvgIpc) is 3.35. The van der Waals surface area contributed by atoms with E-state index in [0.29, 0.717) is 19.4 Å². The van der Waals surface area contributed by atoms with Gasteiger partial charge in [0, 0.05) is 30.3 Å². The van der Waals surface area contributed by atoms with Crippen LogP contribution in [0.5, 0.6) is 0 Å². The van der Waals surface area contributed by atoms with Crippen molar-refractivity contribution in [3.8, 4) is 11.1 Å². The van der Waals surface area contributed by atoms with Crippen molar-refractivity contribution in [2.24, 2.45) is 5.92 Å². The fourth-order valence-electron chi connectivity index (χ4n) is 6.57. The standard InChI is InChI=1S/C31H30FNO3/c1-19-10-11-22(32)14-20(19)17-30(34)21-15-23-12-13-24(16-21)33(23)31(35)36-18-29-27-8-4-2-6-25(27)26-7-3-5-9-28(26)29/h2-11,14,21,23-24,29H,12-13,15-18H2,1H3. The number of nitrogens with zero attached hydrogens (tertiary/aromatic N) is 1. The lowest BCUT2D eigenvalue weighted by atomic mass is 9.85. The molecule has 0 saturated carbocycles. The summed E-state index contributed by atoms with van der Waals surface area (Å²) >= 11 is 0. The van der Waals surface area contributed by atoms with Gasteiger partial charge in [-0.25, -0.2) is 9.18 Å². The number of fused-ring (bicyclic) bond motifs is 5. The second-order valence-electron chi connectivity index (χ2n) is 10.5. The Balaban J connectivity index is 1.11. The van der Waals surface area contributed by atoms with Gasteiger partial charge in [-0.15, -0.1) is 0 Å².